The zero-order chi connectivity index (χ0) is 8.72. The van der Waals surface area contributed by atoms with E-state index in [1.54, 1.807) is 6.33 Å². The summed E-state index contributed by atoms with van der Waals surface area (Å²) in [6.45, 7) is 0. The van der Waals surface area contributed by atoms with Crippen LogP contribution in [-0.2, 0) is 7.05 Å². The molecule has 1 heterocycles. The van der Waals surface area contributed by atoms with Gasteiger partial charge in [0.15, 0.2) is 0 Å². The van der Waals surface area contributed by atoms with Gasteiger partial charge in [0.2, 0.25) is 0 Å². The molecule has 0 aliphatic heterocycles. The number of fused-ring (bicyclic) bond motifs is 1. The van der Waals surface area contributed by atoms with Crippen molar-refractivity contribution in [3.05, 3.63) is 28.0 Å². The molecule has 2 aromatic rings. The highest BCUT2D eigenvalue weighted by Gasteiger charge is 2.06. The van der Waals surface area contributed by atoms with E-state index in [-0.39, 0.29) is 0 Å². The number of nitrogens with zero attached hydrogens (tertiary/aromatic N) is 2. The van der Waals surface area contributed by atoms with E-state index < -0.39 is 0 Å². The van der Waals surface area contributed by atoms with Crippen molar-refractivity contribution in [2.24, 2.45) is 7.05 Å². The van der Waals surface area contributed by atoms with Gasteiger partial charge >= 0.3 is 0 Å². The minimum absolute atomic E-state index is 0.696. The van der Waals surface area contributed by atoms with Crippen LogP contribution < -0.4 is 0 Å². The first-order chi connectivity index (χ1) is 5.70. The van der Waals surface area contributed by atoms with E-state index in [9.17, 15) is 0 Å². The number of rotatable bonds is 0. The van der Waals surface area contributed by atoms with Crippen molar-refractivity contribution in [1.29, 1.82) is 0 Å². The zero-order valence-corrected chi connectivity index (χ0v) is 8.72. The van der Waals surface area contributed by atoms with E-state index >= 15 is 0 Å². The van der Waals surface area contributed by atoms with Crippen molar-refractivity contribution in [2.75, 3.05) is 0 Å². The average Bonchev–Trinajstić information content (AvgIpc) is 2.41. The van der Waals surface area contributed by atoms with E-state index in [1.165, 1.54) is 0 Å². The first-order valence-electron chi connectivity index (χ1n) is 3.45. The first kappa shape index (κ1) is 8.08. The number of aromatic nitrogens is 2. The largest absolute Gasteiger partial charge is 0.334 e. The summed E-state index contributed by atoms with van der Waals surface area (Å²) in [5.74, 6) is 0. The second kappa shape index (κ2) is 2.75. The van der Waals surface area contributed by atoms with E-state index in [2.05, 4.69) is 20.9 Å². The van der Waals surface area contributed by atoms with Crippen LogP contribution in [0.25, 0.3) is 11.0 Å². The molecule has 0 aliphatic carbocycles. The summed E-state index contributed by atoms with van der Waals surface area (Å²) >= 11 is 9.29. The van der Waals surface area contributed by atoms with E-state index in [1.807, 2.05) is 23.7 Å². The van der Waals surface area contributed by atoms with Crippen LogP contribution in [0.5, 0.6) is 0 Å². The van der Waals surface area contributed by atoms with Crippen LogP contribution in [0.3, 0.4) is 0 Å². The molecule has 1 aromatic carbocycles. The maximum atomic E-state index is 5.90. The lowest BCUT2D eigenvalue weighted by Crippen LogP contribution is -1.83. The van der Waals surface area contributed by atoms with Gasteiger partial charge in [-0.2, -0.15) is 0 Å². The second-order valence-corrected chi connectivity index (χ2v) is 3.78. The van der Waals surface area contributed by atoms with Crippen molar-refractivity contribution in [3.8, 4) is 0 Å². The fourth-order valence-corrected chi connectivity index (χ4v) is 1.73. The molecule has 4 heteroatoms. The Morgan fingerprint density at radius 2 is 2.25 bits per heavy atom. The Balaban J connectivity index is 2.93. The Labute approximate surface area is 83.3 Å². The molecule has 0 unspecified atom stereocenters. The smallest absolute Gasteiger partial charge is 0.104 e. The highest BCUT2D eigenvalue weighted by molar-refractivity contribution is 9.10. The molecule has 1 aromatic heterocycles. The van der Waals surface area contributed by atoms with Gasteiger partial charge < -0.3 is 4.57 Å². The maximum absolute atomic E-state index is 5.90. The predicted molar refractivity (Wildman–Crippen MR) is 53.4 cm³/mol. The number of hydrogen-bond acceptors (Lipinski definition) is 1. The molecule has 0 fully saturated rings. The van der Waals surface area contributed by atoms with Crippen molar-refractivity contribution in [2.45, 2.75) is 0 Å². The fraction of sp³-hybridized carbons (Fsp3) is 0.125. The zero-order valence-electron chi connectivity index (χ0n) is 6.38. The van der Waals surface area contributed by atoms with Crippen LogP contribution in [0.1, 0.15) is 0 Å². The van der Waals surface area contributed by atoms with Gasteiger partial charge in [-0.05, 0) is 28.1 Å². The molecule has 62 valence electrons. The van der Waals surface area contributed by atoms with Gasteiger partial charge in [-0.3, -0.25) is 0 Å². The number of hydrogen-bond donors (Lipinski definition) is 0. The summed E-state index contributed by atoms with van der Waals surface area (Å²) in [6, 6.07) is 3.81. The van der Waals surface area contributed by atoms with Gasteiger partial charge in [-0.25, -0.2) is 4.98 Å². The van der Waals surface area contributed by atoms with Crippen LogP contribution in [0.4, 0.5) is 0 Å². The Morgan fingerprint density at radius 1 is 1.50 bits per heavy atom. The molecule has 0 saturated heterocycles. The fourth-order valence-electron chi connectivity index (χ4n) is 1.14. The third-order valence-corrected chi connectivity index (χ3v) is 3.13. The topological polar surface area (TPSA) is 17.8 Å². The summed E-state index contributed by atoms with van der Waals surface area (Å²) in [6.07, 6.45) is 1.77. The number of halogens is 2. The minimum Gasteiger partial charge on any atom is -0.334 e. The summed E-state index contributed by atoms with van der Waals surface area (Å²) in [5, 5.41) is 0.696. The Bertz CT molecular complexity index is 436. The van der Waals surface area contributed by atoms with Crippen LogP contribution in [0.15, 0.2) is 22.9 Å². The molecule has 2 nitrogen and oxygen atoms in total. The molecule has 12 heavy (non-hydrogen) atoms. The minimum atomic E-state index is 0.696. The Kier molecular flexibility index (Phi) is 1.85. The molecule has 2 rings (SSSR count). The monoisotopic (exact) mass is 244 g/mol. The van der Waals surface area contributed by atoms with E-state index in [0.29, 0.717) is 5.02 Å². The molecular formula is C8H6BrClN2. The Hall–Kier alpha value is -0.540. The average molecular weight is 246 g/mol. The third-order valence-electron chi connectivity index (χ3n) is 1.79. The normalized spacial score (nSPS) is 10.9. The highest BCUT2D eigenvalue weighted by atomic mass is 79.9. The quantitative estimate of drug-likeness (QED) is 0.698. The number of aryl methyl sites for hydroxylation is 1. The van der Waals surface area contributed by atoms with E-state index in [0.717, 1.165) is 15.5 Å². The van der Waals surface area contributed by atoms with Crippen LogP contribution >= 0.6 is 27.5 Å². The molecule has 0 atom stereocenters. The molecule has 0 radical (unpaired) electrons. The number of imidazole rings is 1. The Morgan fingerprint density at radius 3 is 3.00 bits per heavy atom. The molecule has 0 aliphatic rings. The molecule has 0 amide bonds. The third kappa shape index (κ3) is 1.04. The molecule has 0 N–H and O–H groups in total. The lowest BCUT2D eigenvalue weighted by molar-refractivity contribution is 0.948. The van der Waals surface area contributed by atoms with Gasteiger partial charge in [0, 0.05) is 7.05 Å². The van der Waals surface area contributed by atoms with Crippen LogP contribution in [-0.4, -0.2) is 9.55 Å². The van der Waals surface area contributed by atoms with Gasteiger partial charge in [-0.15, -0.1) is 0 Å². The van der Waals surface area contributed by atoms with Crippen molar-refractivity contribution >= 4 is 38.6 Å². The van der Waals surface area contributed by atoms with Gasteiger partial charge in [0.05, 0.1) is 21.3 Å². The molecular weight excluding hydrogens is 239 g/mol. The summed E-state index contributed by atoms with van der Waals surface area (Å²) < 4.78 is 2.82. The van der Waals surface area contributed by atoms with Gasteiger partial charge in [0.1, 0.15) is 5.52 Å². The summed E-state index contributed by atoms with van der Waals surface area (Å²) in [5.41, 5.74) is 1.98. The van der Waals surface area contributed by atoms with Gasteiger partial charge in [-0.1, -0.05) is 11.6 Å². The van der Waals surface area contributed by atoms with E-state index in [4.69, 9.17) is 11.6 Å². The van der Waals surface area contributed by atoms with Crippen LogP contribution in [0, 0.1) is 0 Å². The first-order valence-corrected chi connectivity index (χ1v) is 4.62. The number of benzene rings is 1. The van der Waals surface area contributed by atoms with Gasteiger partial charge in [0.25, 0.3) is 0 Å². The van der Waals surface area contributed by atoms with Crippen molar-refractivity contribution in [3.63, 3.8) is 0 Å². The summed E-state index contributed by atoms with van der Waals surface area (Å²) in [4.78, 5) is 4.21. The standard InChI is InChI=1S/C8H6BrClN2/c1-12-4-11-8-6(12)3-2-5(10)7(8)9/h2-4H,1H3. The van der Waals surface area contributed by atoms with Crippen molar-refractivity contribution < 1.29 is 0 Å². The lowest BCUT2D eigenvalue weighted by atomic mass is 10.3. The van der Waals surface area contributed by atoms with Crippen molar-refractivity contribution in [1.82, 2.24) is 9.55 Å². The molecule has 0 saturated carbocycles. The second-order valence-electron chi connectivity index (χ2n) is 2.58. The SMILES string of the molecule is Cn1cnc2c(Br)c(Cl)ccc21. The molecule has 0 bridgehead atoms. The summed E-state index contributed by atoms with van der Waals surface area (Å²) in [7, 11) is 1.95. The maximum Gasteiger partial charge on any atom is 0.104 e. The highest BCUT2D eigenvalue weighted by Crippen LogP contribution is 2.29. The lowest BCUT2D eigenvalue weighted by Gasteiger charge is -1.97. The predicted octanol–water partition coefficient (Wildman–Crippen LogP) is 2.99. The van der Waals surface area contributed by atoms with Crippen LogP contribution in [0.2, 0.25) is 5.02 Å². The molecule has 0 spiro atoms.